The first-order valence-electron chi connectivity index (χ1n) is 5.54. The third-order valence-corrected chi connectivity index (χ3v) is 2.88. The van der Waals surface area contributed by atoms with Crippen LogP contribution in [0.5, 0.6) is 0 Å². The molecule has 0 spiro atoms. The summed E-state index contributed by atoms with van der Waals surface area (Å²) in [5.74, 6) is 0.532. The zero-order valence-corrected chi connectivity index (χ0v) is 11.5. The summed E-state index contributed by atoms with van der Waals surface area (Å²) < 4.78 is 1.55. The zero-order valence-electron chi connectivity index (χ0n) is 10.7. The van der Waals surface area contributed by atoms with E-state index in [2.05, 4.69) is 25.6 Å². The van der Waals surface area contributed by atoms with E-state index in [-0.39, 0.29) is 11.9 Å². The van der Waals surface area contributed by atoms with Gasteiger partial charge in [-0.25, -0.2) is 0 Å². The normalized spacial score (nSPS) is 11.2. The lowest BCUT2D eigenvalue weighted by Gasteiger charge is -1.95. The summed E-state index contributed by atoms with van der Waals surface area (Å²) in [7, 11) is 1.74. The second-order valence-corrected chi connectivity index (χ2v) is 4.34. The third-order valence-electron chi connectivity index (χ3n) is 2.43. The van der Waals surface area contributed by atoms with Crippen molar-refractivity contribution in [2.24, 2.45) is 7.05 Å². The van der Waals surface area contributed by atoms with Gasteiger partial charge in [-0.1, -0.05) is 11.6 Å². The number of rotatable bonds is 3. The van der Waals surface area contributed by atoms with Gasteiger partial charge in [0.05, 0.1) is 5.69 Å². The molecule has 2 rings (SSSR count). The smallest absolute Gasteiger partial charge is 0.250 e. The highest BCUT2D eigenvalue weighted by molar-refractivity contribution is 6.31. The number of aromatic amines is 1. The Morgan fingerprint density at radius 1 is 1.47 bits per heavy atom. The van der Waals surface area contributed by atoms with Gasteiger partial charge in [0, 0.05) is 18.7 Å². The molecule has 0 aliphatic heterocycles. The van der Waals surface area contributed by atoms with Gasteiger partial charge in [0.25, 0.3) is 5.91 Å². The fourth-order valence-corrected chi connectivity index (χ4v) is 1.78. The monoisotopic (exact) mass is 280 g/mol. The first-order valence-corrected chi connectivity index (χ1v) is 5.92. The first kappa shape index (κ1) is 13.3. The molecule has 2 aromatic heterocycles. The molecule has 2 aromatic rings. The van der Waals surface area contributed by atoms with E-state index in [0.29, 0.717) is 16.5 Å². The Balaban J connectivity index is 2.08. The molecule has 2 heterocycles. The predicted molar refractivity (Wildman–Crippen MR) is 71.7 cm³/mol. The van der Waals surface area contributed by atoms with Crippen LogP contribution in [0.25, 0.3) is 6.08 Å². The molecular formula is C11H13ClN6O. The Labute approximate surface area is 114 Å². The van der Waals surface area contributed by atoms with Gasteiger partial charge in [-0.05, 0) is 19.9 Å². The van der Waals surface area contributed by atoms with Crippen LogP contribution < -0.4 is 5.32 Å². The summed E-state index contributed by atoms with van der Waals surface area (Å²) in [5.41, 5.74) is 1.47. The first-order chi connectivity index (χ1) is 8.97. The topological polar surface area (TPSA) is 88.5 Å². The van der Waals surface area contributed by atoms with E-state index in [1.54, 1.807) is 24.7 Å². The SMILES string of the molecule is Cc1nc(NC(=O)/C=C/c2c(C)nn(C)c2Cl)n[nH]1. The maximum atomic E-state index is 11.7. The second-order valence-electron chi connectivity index (χ2n) is 3.98. The summed E-state index contributed by atoms with van der Waals surface area (Å²) in [6, 6.07) is 0. The van der Waals surface area contributed by atoms with Gasteiger partial charge in [0.2, 0.25) is 5.95 Å². The van der Waals surface area contributed by atoms with Crippen molar-refractivity contribution in [1.82, 2.24) is 25.0 Å². The average molecular weight is 281 g/mol. The Hall–Kier alpha value is -2.15. The molecule has 0 aliphatic carbocycles. The molecule has 2 N–H and O–H groups in total. The molecular weight excluding hydrogens is 268 g/mol. The van der Waals surface area contributed by atoms with Crippen LogP contribution in [0.1, 0.15) is 17.1 Å². The Kier molecular flexibility index (Phi) is 3.66. The van der Waals surface area contributed by atoms with E-state index >= 15 is 0 Å². The quantitative estimate of drug-likeness (QED) is 0.833. The molecule has 0 aromatic carbocycles. The number of aryl methyl sites for hydroxylation is 3. The zero-order chi connectivity index (χ0) is 14.0. The lowest BCUT2D eigenvalue weighted by atomic mass is 10.2. The van der Waals surface area contributed by atoms with E-state index in [9.17, 15) is 4.79 Å². The lowest BCUT2D eigenvalue weighted by molar-refractivity contribution is -0.111. The minimum absolute atomic E-state index is 0.237. The number of hydrogen-bond donors (Lipinski definition) is 2. The molecule has 8 heteroatoms. The third kappa shape index (κ3) is 3.00. The van der Waals surface area contributed by atoms with Crippen molar-refractivity contribution in [1.29, 1.82) is 0 Å². The van der Waals surface area contributed by atoms with Gasteiger partial charge in [0.15, 0.2) is 0 Å². The molecule has 0 saturated carbocycles. The average Bonchev–Trinajstić information content (AvgIpc) is 2.83. The van der Waals surface area contributed by atoms with Gasteiger partial charge < -0.3 is 0 Å². The second kappa shape index (κ2) is 5.23. The molecule has 0 saturated heterocycles. The van der Waals surface area contributed by atoms with E-state index in [0.717, 1.165) is 5.69 Å². The largest absolute Gasteiger partial charge is 0.290 e. The van der Waals surface area contributed by atoms with E-state index in [1.165, 1.54) is 6.08 Å². The predicted octanol–water partition coefficient (Wildman–Crippen LogP) is 1.46. The molecule has 0 aliphatic rings. The Morgan fingerprint density at radius 2 is 2.21 bits per heavy atom. The maximum Gasteiger partial charge on any atom is 0.250 e. The maximum absolute atomic E-state index is 11.7. The van der Waals surface area contributed by atoms with Crippen LogP contribution in [0.2, 0.25) is 5.15 Å². The number of amides is 1. The standard InChI is InChI=1S/C11H13ClN6O/c1-6-8(10(12)18(3)17-6)4-5-9(19)14-11-13-7(2)15-16-11/h4-5H,1-3H3,(H2,13,14,15,16,19)/b5-4+. The van der Waals surface area contributed by atoms with E-state index in [4.69, 9.17) is 11.6 Å². The van der Waals surface area contributed by atoms with Crippen LogP contribution >= 0.6 is 11.6 Å². The highest BCUT2D eigenvalue weighted by Gasteiger charge is 2.09. The summed E-state index contributed by atoms with van der Waals surface area (Å²) >= 11 is 6.05. The van der Waals surface area contributed by atoms with Crippen molar-refractivity contribution in [3.63, 3.8) is 0 Å². The molecule has 100 valence electrons. The fraction of sp³-hybridized carbons (Fsp3) is 0.273. The molecule has 19 heavy (non-hydrogen) atoms. The highest BCUT2D eigenvalue weighted by Crippen LogP contribution is 2.19. The Morgan fingerprint density at radius 3 is 2.74 bits per heavy atom. The van der Waals surface area contributed by atoms with Crippen LogP contribution in [-0.2, 0) is 11.8 Å². The van der Waals surface area contributed by atoms with Crippen molar-refractivity contribution in [2.45, 2.75) is 13.8 Å². The Bertz CT molecular complexity index is 642. The van der Waals surface area contributed by atoms with Gasteiger partial charge in [-0.3, -0.25) is 19.9 Å². The molecule has 7 nitrogen and oxygen atoms in total. The summed E-state index contributed by atoms with van der Waals surface area (Å²) in [5, 5.41) is 13.6. The van der Waals surface area contributed by atoms with Crippen molar-refractivity contribution in [3.05, 3.63) is 28.3 Å². The highest BCUT2D eigenvalue weighted by atomic mass is 35.5. The van der Waals surface area contributed by atoms with Crippen molar-refractivity contribution >= 4 is 29.5 Å². The van der Waals surface area contributed by atoms with Gasteiger partial charge in [-0.15, -0.1) is 5.10 Å². The van der Waals surface area contributed by atoms with Crippen molar-refractivity contribution in [3.8, 4) is 0 Å². The number of halogens is 1. The van der Waals surface area contributed by atoms with Crippen LogP contribution in [0.15, 0.2) is 6.08 Å². The fourth-order valence-electron chi connectivity index (χ4n) is 1.55. The number of carbonyl (C=O) groups excluding carboxylic acids is 1. The summed E-state index contributed by atoms with van der Waals surface area (Å²) in [6.45, 7) is 3.57. The number of aromatic nitrogens is 5. The number of nitrogens with zero attached hydrogens (tertiary/aromatic N) is 4. The minimum atomic E-state index is -0.335. The van der Waals surface area contributed by atoms with Gasteiger partial charge >= 0.3 is 0 Å². The van der Waals surface area contributed by atoms with Crippen LogP contribution in [0.3, 0.4) is 0 Å². The van der Waals surface area contributed by atoms with Crippen molar-refractivity contribution < 1.29 is 4.79 Å². The number of anilines is 1. The van der Waals surface area contributed by atoms with Crippen molar-refractivity contribution in [2.75, 3.05) is 5.32 Å². The molecule has 1 amide bonds. The molecule has 0 fully saturated rings. The van der Waals surface area contributed by atoms with Crippen LogP contribution in [0.4, 0.5) is 5.95 Å². The summed E-state index contributed by atoms with van der Waals surface area (Å²) in [4.78, 5) is 15.6. The van der Waals surface area contributed by atoms with E-state index in [1.807, 2.05) is 6.92 Å². The number of nitrogens with one attached hydrogen (secondary N) is 2. The van der Waals surface area contributed by atoms with Gasteiger partial charge in [0.1, 0.15) is 11.0 Å². The van der Waals surface area contributed by atoms with Crippen LogP contribution in [0, 0.1) is 13.8 Å². The lowest BCUT2D eigenvalue weighted by Crippen LogP contribution is -2.09. The number of H-pyrrole nitrogens is 1. The number of hydrogen-bond acceptors (Lipinski definition) is 4. The van der Waals surface area contributed by atoms with Crippen LogP contribution in [-0.4, -0.2) is 30.9 Å². The minimum Gasteiger partial charge on any atom is -0.290 e. The molecule has 0 bridgehead atoms. The molecule has 0 radical (unpaired) electrons. The van der Waals surface area contributed by atoms with Gasteiger partial charge in [-0.2, -0.15) is 10.1 Å². The number of carbonyl (C=O) groups is 1. The molecule has 0 unspecified atom stereocenters. The summed E-state index contributed by atoms with van der Waals surface area (Å²) in [6.07, 6.45) is 2.97. The van der Waals surface area contributed by atoms with E-state index < -0.39 is 0 Å². The molecule has 0 atom stereocenters.